The molecule has 1 unspecified atom stereocenters. The van der Waals surface area contributed by atoms with E-state index in [1.54, 1.807) is 0 Å². The largest absolute Gasteiger partial charge is 0.334 e. The predicted octanol–water partition coefficient (Wildman–Crippen LogP) is 1.76. The highest BCUT2D eigenvalue weighted by molar-refractivity contribution is 5.51. The number of hydrogen-bond acceptors (Lipinski definition) is 4. The molecule has 1 aromatic heterocycles. The standard InChI is InChI=1S/C10H11N3O/c1-7(11)9-12-10(14-13-9)8-5-3-2-4-6-8/h2-7H,11H2,1H3. The minimum Gasteiger partial charge on any atom is -0.334 e. The Bertz CT molecular complexity index is 408. The number of nitrogens with zero attached hydrogens (tertiary/aromatic N) is 2. The fourth-order valence-corrected chi connectivity index (χ4v) is 1.12. The molecule has 4 nitrogen and oxygen atoms in total. The predicted molar refractivity (Wildman–Crippen MR) is 52.3 cm³/mol. The van der Waals surface area contributed by atoms with Crippen LogP contribution in [0.1, 0.15) is 18.8 Å². The highest BCUT2D eigenvalue weighted by Gasteiger charge is 2.10. The summed E-state index contributed by atoms with van der Waals surface area (Å²) in [5, 5.41) is 3.78. The first-order valence-corrected chi connectivity index (χ1v) is 4.42. The van der Waals surface area contributed by atoms with E-state index in [0.717, 1.165) is 5.56 Å². The fraction of sp³-hybridized carbons (Fsp3) is 0.200. The van der Waals surface area contributed by atoms with Crippen LogP contribution in [0.15, 0.2) is 34.9 Å². The van der Waals surface area contributed by atoms with Gasteiger partial charge in [0.25, 0.3) is 5.89 Å². The van der Waals surface area contributed by atoms with Crippen LogP contribution in [0, 0.1) is 0 Å². The summed E-state index contributed by atoms with van der Waals surface area (Å²) in [6, 6.07) is 9.41. The van der Waals surface area contributed by atoms with Gasteiger partial charge in [-0.1, -0.05) is 23.4 Å². The van der Waals surface area contributed by atoms with Crippen LogP contribution < -0.4 is 5.73 Å². The first kappa shape index (κ1) is 8.90. The zero-order chi connectivity index (χ0) is 9.97. The van der Waals surface area contributed by atoms with Crippen molar-refractivity contribution in [2.45, 2.75) is 13.0 Å². The summed E-state index contributed by atoms with van der Waals surface area (Å²) in [5.41, 5.74) is 6.53. The number of hydrogen-bond donors (Lipinski definition) is 1. The van der Waals surface area contributed by atoms with Crippen molar-refractivity contribution in [3.8, 4) is 11.5 Å². The van der Waals surface area contributed by atoms with Gasteiger partial charge >= 0.3 is 0 Å². The molecule has 0 aliphatic heterocycles. The van der Waals surface area contributed by atoms with Gasteiger partial charge in [0, 0.05) is 5.56 Å². The summed E-state index contributed by atoms with van der Waals surface area (Å²) in [5.74, 6) is 1.04. The molecule has 1 heterocycles. The molecule has 1 aromatic carbocycles. The minimum atomic E-state index is -0.198. The normalized spacial score (nSPS) is 12.7. The molecule has 1 atom stereocenters. The highest BCUT2D eigenvalue weighted by Crippen LogP contribution is 2.17. The minimum absolute atomic E-state index is 0.198. The summed E-state index contributed by atoms with van der Waals surface area (Å²) >= 11 is 0. The zero-order valence-corrected chi connectivity index (χ0v) is 7.84. The molecule has 0 fully saturated rings. The van der Waals surface area contributed by atoms with Crippen LogP contribution in [0.2, 0.25) is 0 Å². The summed E-state index contributed by atoms with van der Waals surface area (Å²) in [6.07, 6.45) is 0. The fourth-order valence-electron chi connectivity index (χ4n) is 1.12. The smallest absolute Gasteiger partial charge is 0.257 e. The molecule has 0 bridgehead atoms. The second-order valence-corrected chi connectivity index (χ2v) is 3.11. The lowest BCUT2D eigenvalue weighted by Gasteiger charge is -1.93. The Kier molecular flexibility index (Phi) is 2.28. The van der Waals surface area contributed by atoms with Crippen molar-refractivity contribution in [1.82, 2.24) is 10.1 Å². The average Bonchev–Trinajstić information content (AvgIpc) is 2.68. The van der Waals surface area contributed by atoms with E-state index in [1.807, 2.05) is 37.3 Å². The van der Waals surface area contributed by atoms with Crippen molar-refractivity contribution >= 4 is 0 Å². The van der Waals surface area contributed by atoms with Gasteiger partial charge < -0.3 is 10.3 Å². The topological polar surface area (TPSA) is 64.9 Å². The third-order valence-electron chi connectivity index (χ3n) is 1.87. The van der Waals surface area contributed by atoms with Crippen LogP contribution in [0.3, 0.4) is 0 Å². The molecule has 72 valence electrons. The van der Waals surface area contributed by atoms with Gasteiger partial charge in [-0.2, -0.15) is 4.98 Å². The number of rotatable bonds is 2. The molecule has 14 heavy (non-hydrogen) atoms. The zero-order valence-electron chi connectivity index (χ0n) is 7.84. The maximum atomic E-state index is 5.62. The van der Waals surface area contributed by atoms with Crippen LogP contribution in [0.25, 0.3) is 11.5 Å². The molecule has 4 heteroatoms. The van der Waals surface area contributed by atoms with Crippen LogP contribution in [-0.4, -0.2) is 10.1 Å². The van der Waals surface area contributed by atoms with Crippen molar-refractivity contribution in [1.29, 1.82) is 0 Å². The van der Waals surface area contributed by atoms with Crippen molar-refractivity contribution in [2.75, 3.05) is 0 Å². The van der Waals surface area contributed by atoms with E-state index in [-0.39, 0.29) is 6.04 Å². The molecular formula is C10H11N3O. The Labute approximate surface area is 81.7 Å². The molecule has 0 aliphatic rings. The summed E-state index contributed by atoms with van der Waals surface area (Å²) in [4.78, 5) is 4.18. The van der Waals surface area contributed by atoms with E-state index in [1.165, 1.54) is 0 Å². The van der Waals surface area contributed by atoms with E-state index >= 15 is 0 Å². The maximum absolute atomic E-state index is 5.62. The Morgan fingerprint density at radius 1 is 1.29 bits per heavy atom. The average molecular weight is 189 g/mol. The third kappa shape index (κ3) is 1.65. The lowest BCUT2D eigenvalue weighted by atomic mass is 10.2. The quantitative estimate of drug-likeness (QED) is 0.781. The molecule has 0 amide bonds. The number of benzene rings is 1. The SMILES string of the molecule is CC(N)c1noc(-c2ccccc2)n1. The monoisotopic (exact) mass is 189 g/mol. The van der Waals surface area contributed by atoms with E-state index in [0.29, 0.717) is 11.7 Å². The van der Waals surface area contributed by atoms with Gasteiger partial charge in [-0.05, 0) is 19.1 Å². The summed E-state index contributed by atoms with van der Waals surface area (Å²) in [7, 11) is 0. The van der Waals surface area contributed by atoms with E-state index in [4.69, 9.17) is 10.3 Å². The molecule has 0 aliphatic carbocycles. The number of nitrogens with two attached hydrogens (primary N) is 1. The van der Waals surface area contributed by atoms with E-state index in [2.05, 4.69) is 10.1 Å². The van der Waals surface area contributed by atoms with Gasteiger partial charge in [-0.25, -0.2) is 0 Å². The molecule has 0 radical (unpaired) electrons. The summed E-state index contributed by atoms with van der Waals surface area (Å²) < 4.78 is 5.07. The lowest BCUT2D eigenvalue weighted by molar-refractivity contribution is 0.418. The Morgan fingerprint density at radius 2 is 2.00 bits per heavy atom. The second kappa shape index (κ2) is 3.59. The van der Waals surface area contributed by atoms with Gasteiger partial charge in [-0.15, -0.1) is 0 Å². The van der Waals surface area contributed by atoms with Crippen LogP contribution in [0.4, 0.5) is 0 Å². The van der Waals surface area contributed by atoms with Gasteiger partial charge in [-0.3, -0.25) is 0 Å². The van der Waals surface area contributed by atoms with Crippen LogP contribution >= 0.6 is 0 Å². The van der Waals surface area contributed by atoms with Crippen molar-refractivity contribution in [2.24, 2.45) is 5.73 Å². The lowest BCUT2D eigenvalue weighted by Crippen LogP contribution is -2.06. The Morgan fingerprint density at radius 3 is 2.57 bits per heavy atom. The molecular weight excluding hydrogens is 178 g/mol. The maximum Gasteiger partial charge on any atom is 0.257 e. The Balaban J connectivity index is 2.34. The second-order valence-electron chi connectivity index (χ2n) is 3.11. The van der Waals surface area contributed by atoms with E-state index in [9.17, 15) is 0 Å². The van der Waals surface area contributed by atoms with Gasteiger partial charge in [0.05, 0.1) is 6.04 Å². The third-order valence-corrected chi connectivity index (χ3v) is 1.87. The van der Waals surface area contributed by atoms with Gasteiger partial charge in [0.2, 0.25) is 0 Å². The molecule has 2 N–H and O–H groups in total. The van der Waals surface area contributed by atoms with Crippen molar-refractivity contribution in [3.63, 3.8) is 0 Å². The first-order valence-electron chi connectivity index (χ1n) is 4.42. The first-order chi connectivity index (χ1) is 6.77. The van der Waals surface area contributed by atoms with Crippen molar-refractivity contribution < 1.29 is 4.52 Å². The van der Waals surface area contributed by atoms with Crippen molar-refractivity contribution in [3.05, 3.63) is 36.2 Å². The molecule has 0 saturated heterocycles. The number of aromatic nitrogens is 2. The highest BCUT2D eigenvalue weighted by atomic mass is 16.5. The van der Waals surface area contributed by atoms with Crippen LogP contribution in [0.5, 0.6) is 0 Å². The van der Waals surface area contributed by atoms with Gasteiger partial charge in [0.15, 0.2) is 5.82 Å². The Hall–Kier alpha value is -1.68. The van der Waals surface area contributed by atoms with Gasteiger partial charge in [0.1, 0.15) is 0 Å². The molecule has 2 aromatic rings. The van der Waals surface area contributed by atoms with E-state index < -0.39 is 0 Å². The molecule has 0 saturated carbocycles. The van der Waals surface area contributed by atoms with Crippen LogP contribution in [-0.2, 0) is 0 Å². The molecule has 0 spiro atoms. The summed E-state index contributed by atoms with van der Waals surface area (Å²) in [6.45, 7) is 1.82. The molecule has 2 rings (SSSR count).